The van der Waals surface area contributed by atoms with E-state index in [0.29, 0.717) is 5.56 Å². The maximum atomic E-state index is 12.0. The maximum absolute atomic E-state index is 12.0. The Morgan fingerprint density at radius 2 is 1.93 bits per heavy atom. The Morgan fingerprint density at radius 1 is 1.26 bits per heavy atom. The van der Waals surface area contributed by atoms with Crippen molar-refractivity contribution < 1.29 is 19.4 Å². The summed E-state index contributed by atoms with van der Waals surface area (Å²) in [5, 5.41) is 12.4. The highest BCUT2D eigenvalue weighted by atomic mass is 32.2. The third-order valence-electron chi connectivity index (χ3n) is 4.08. The molecule has 0 fully saturated rings. The first kappa shape index (κ1) is 23.3. The number of carboxylic acids is 1. The number of hydrogen-bond acceptors (Lipinski definition) is 4. The van der Waals surface area contributed by atoms with E-state index in [0.717, 1.165) is 36.1 Å². The fraction of sp³-hybridized carbons (Fsp3) is 0.619. The Hall–Kier alpha value is -1.69. The summed E-state index contributed by atoms with van der Waals surface area (Å²) in [7, 11) is 0. The van der Waals surface area contributed by atoms with Crippen molar-refractivity contribution >= 4 is 23.8 Å². The highest BCUT2D eigenvalue weighted by molar-refractivity contribution is 7.98. The molecule has 1 aromatic rings. The highest BCUT2D eigenvalue weighted by Crippen LogP contribution is 2.22. The number of nitrogens with one attached hydrogen (secondary N) is 1. The Morgan fingerprint density at radius 3 is 2.44 bits per heavy atom. The third-order valence-corrected chi connectivity index (χ3v) is 4.81. The average Bonchev–Trinajstić information content (AvgIpc) is 2.52. The number of carbonyl (C=O) groups is 2. The van der Waals surface area contributed by atoms with Crippen LogP contribution in [0, 0.1) is 0 Å². The number of ether oxygens (including phenoxy) is 1. The number of hydrogen-bond donors (Lipinski definition) is 2. The summed E-state index contributed by atoms with van der Waals surface area (Å²) < 4.78 is 5.33. The van der Waals surface area contributed by atoms with Gasteiger partial charge >= 0.3 is 12.1 Å². The van der Waals surface area contributed by atoms with Crippen molar-refractivity contribution in [2.75, 3.05) is 12.0 Å². The molecule has 0 spiro atoms. The van der Waals surface area contributed by atoms with Crippen LogP contribution in [0.5, 0.6) is 0 Å². The minimum absolute atomic E-state index is 0.0312. The number of carbonyl (C=O) groups excluding carboxylic acids is 1. The van der Waals surface area contributed by atoms with Crippen LogP contribution in [0.2, 0.25) is 0 Å². The number of thioether (sulfide) groups is 1. The molecule has 1 aromatic carbocycles. The molecule has 1 rings (SSSR count). The predicted molar refractivity (Wildman–Crippen MR) is 112 cm³/mol. The third kappa shape index (κ3) is 8.69. The van der Waals surface area contributed by atoms with Gasteiger partial charge in [0.25, 0.3) is 0 Å². The molecule has 0 aliphatic heterocycles. The van der Waals surface area contributed by atoms with Gasteiger partial charge in [0.2, 0.25) is 0 Å². The van der Waals surface area contributed by atoms with E-state index in [1.54, 1.807) is 17.8 Å². The van der Waals surface area contributed by atoms with Crippen molar-refractivity contribution in [1.82, 2.24) is 5.32 Å². The van der Waals surface area contributed by atoms with Gasteiger partial charge in [0.05, 0.1) is 5.56 Å². The normalized spacial score (nSPS) is 12.7. The molecule has 0 saturated heterocycles. The molecule has 152 valence electrons. The Kier molecular flexibility index (Phi) is 9.16. The van der Waals surface area contributed by atoms with E-state index >= 15 is 0 Å². The topological polar surface area (TPSA) is 75.6 Å². The van der Waals surface area contributed by atoms with E-state index in [9.17, 15) is 14.7 Å². The number of benzene rings is 1. The van der Waals surface area contributed by atoms with Crippen LogP contribution < -0.4 is 5.32 Å². The molecular formula is C21H33NO4S. The van der Waals surface area contributed by atoms with E-state index in [4.69, 9.17) is 4.74 Å². The van der Waals surface area contributed by atoms with E-state index in [2.05, 4.69) is 5.32 Å². The van der Waals surface area contributed by atoms with Crippen molar-refractivity contribution in [3.63, 3.8) is 0 Å². The number of carboxylic acid groups (broad SMARTS) is 1. The molecule has 6 heteroatoms. The molecule has 0 aliphatic carbocycles. The zero-order valence-corrected chi connectivity index (χ0v) is 18.1. The quantitative estimate of drug-likeness (QED) is 0.609. The minimum Gasteiger partial charge on any atom is -0.478 e. The van der Waals surface area contributed by atoms with Crippen LogP contribution in [-0.2, 0) is 11.2 Å². The fourth-order valence-electron chi connectivity index (χ4n) is 2.87. The van der Waals surface area contributed by atoms with E-state index in [-0.39, 0.29) is 12.0 Å². The standard InChI is InChI=1S/C21H33NO4S/c1-14(2)17-11-10-15(12-18(17)19(23)24)8-7-9-16(13-27-6)22-20(25)26-21(3,4)5/h10-12,14,16H,7-9,13H2,1-6H3,(H,22,25)(H,23,24)/t16-/m1/s1. The zero-order chi connectivity index (χ0) is 20.6. The number of amides is 1. The predicted octanol–water partition coefficient (Wildman–Crippen LogP) is 5.09. The van der Waals surface area contributed by atoms with Gasteiger partial charge in [0.15, 0.2) is 0 Å². The SMILES string of the molecule is CSC[C@@H](CCCc1ccc(C(C)C)c(C(=O)O)c1)NC(=O)OC(C)(C)C. The van der Waals surface area contributed by atoms with Crippen molar-refractivity contribution in [3.05, 3.63) is 34.9 Å². The second kappa shape index (κ2) is 10.6. The molecule has 1 atom stereocenters. The largest absolute Gasteiger partial charge is 0.478 e. The van der Waals surface area contributed by atoms with Crippen molar-refractivity contribution in [3.8, 4) is 0 Å². The van der Waals surface area contributed by atoms with Crippen LogP contribution in [0.25, 0.3) is 0 Å². The van der Waals surface area contributed by atoms with E-state index < -0.39 is 17.7 Å². The average molecular weight is 396 g/mol. The highest BCUT2D eigenvalue weighted by Gasteiger charge is 2.19. The fourth-order valence-corrected chi connectivity index (χ4v) is 3.53. The van der Waals surface area contributed by atoms with Gasteiger partial charge in [-0.25, -0.2) is 9.59 Å². The molecular weight excluding hydrogens is 362 g/mol. The number of alkyl carbamates (subject to hydrolysis) is 1. The number of aromatic carboxylic acids is 1. The van der Waals surface area contributed by atoms with Crippen molar-refractivity contribution in [1.29, 1.82) is 0 Å². The van der Waals surface area contributed by atoms with Gasteiger partial charge in [-0.3, -0.25) is 0 Å². The van der Waals surface area contributed by atoms with Gasteiger partial charge in [0.1, 0.15) is 5.60 Å². The molecule has 0 saturated carbocycles. The summed E-state index contributed by atoms with van der Waals surface area (Å²) in [6.07, 6.45) is 4.07. The monoisotopic (exact) mass is 395 g/mol. The van der Waals surface area contributed by atoms with Crippen molar-refractivity contribution in [2.24, 2.45) is 0 Å². The van der Waals surface area contributed by atoms with E-state index in [1.807, 2.05) is 53.0 Å². The van der Waals surface area contributed by atoms with Crippen LogP contribution in [0.1, 0.15) is 74.9 Å². The second-order valence-corrected chi connectivity index (χ2v) is 8.98. The van der Waals surface area contributed by atoms with Gasteiger partial charge in [-0.2, -0.15) is 11.8 Å². The molecule has 0 bridgehead atoms. The molecule has 27 heavy (non-hydrogen) atoms. The van der Waals surface area contributed by atoms with Crippen LogP contribution in [0.3, 0.4) is 0 Å². The molecule has 0 heterocycles. The Balaban J connectivity index is 2.66. The van der Waals surface area contributed by atoms with Crippen molar-refractivity contribution in [2.45, 2.75) is 71.4 Å². The lowest BCUT2D eigenvalue weighted by molar-refractivity contribution is 0.0506. The second-order valence-electron chi connectivity index (χ2n) is 8.07. The van der Waals surface area contributed by atoms with Gasteiger partial charge in [0, 0.05) is 11.8 Å². The molecule has 0 aliphatic rings. The van der Waals surface area contributed by atoms with Crippen LogP contribution in [-0.4, -0.2) is 40.8 Å². The summed E-state index contributed by atoms with van der Waals surface area (Å²) >= 11 is 1.68. The lowest BCUT2D eigenvalue weighted by atomic mass is 9.93. The Bertz CT molecular complexity index is 638. The zero-order valence-electron chi connectivity index (χ0n) is 17.3. The summed E-state index contributed by atoms with van der Waals surface area (Å²) in [5.74, 6) is 0.105. The Labute approximate surface area is 167 Å². The summed E-state index contributed by atoms with van der Waals surface area (Å²) in [4.78, 5) is 23.5. The summed E-state index contributed by atoms with van der Waals surface area (Å²) in [5.41, 5.74) is 1.74. The molecule has 2 N–H and O–H groups in total. The van der Waals surface area contributed by atoms with Gasteiger partial charge in [-0.05, 0) is 69.4 Å². The van der Waals surface area contributed by atoms with Gasteiger partial charge in [-0.1, -0.05) is 26.0 Å². The first-order chi connectivity index (χ1) is 12.5. The summed E-state index contributed by atoms with van der Waals surface area (Å²) in [6, 6.07) is 5.74. The maximum Gasteiger partial charge on any atom is 0.407 e. The van der Waals surface area contributed by atoms with Crippen LogP contribution >= 0.6 is 11.8 Å². The van der Waals surface area contributed by atoms with E-state index in [1.165, 1.54) is 0 Å². The van der Waals surface area contributed by atoms with Crippen LogP contribution in [0.4, 0.5) is 4.79 Å². The summed E-state index contributed by atoms with van der Waals surface area (Å²) in [6.45, 7) is 9.53. The smallest absolute Gasteiger partial charge is 0.407 e. The lowest BCUT2D eigenvalue weighted by Crippen LogP contribution is -2.40. The molecule has 0 unspecified atom stereocenters. The first-order valence-corrected chi connectivity index (χ1v) is 10.8. The van der Waals surface area contributed by atoms with Gasteiger partial charge < -0.3 is 15.2 Å². The molecule has 5 nitrogen and oxygen atoms in total. The number of aryl methyl sites for hydroxylation is 1. The van der Waals surface area contributed by atoms with Crippen LogP contribution in [0.15, 0.2) is 18.2 Å². The molecule has 0 radical (unpaired) electrons. The lowest BCUT2D eigenvalue weighted by Gasteiger charge is -2.23. The number of rotatable bonds is 9. The molecule has 0 aromatic heterocycles. The molecule has 1 amide bonds. The first-order valence-electron chi connectivity index (χ1n) is 9.38. The minimum atomic E-state index is -0.882. The van der Waals surface area contributed by atoms with Gasteiger partial charge in [-0.15, -0.1) is 0 Å².